The molecule has 0 saturated heterocycles. The molecule has 0 aromatic heterocycles. The Kier molecular flexibility index (Phi) is 8.25. The zero-order chi connectivity index (χ0) is 18.8. The first-order valence-corrected chi connectivity index (χ1v) is 9.64. The second kappa shape index (κ2) is 10.7. The van der Waals surface area contributed by atoms with Crippen LogP contribution in [0.3, 0.4) is 0 Å². The van der Waals surface area contributed by atoms with Gasteiger partial charge in [-0.1, -0.05) is 37.3 Å². The van der Waals surface area contributed by atoms with Crippen molar-refractivity contribution in [1.29, 1.82) is 0 Å². The van der Waals surface area contributed by atoms with Gasteiger partial charge in [0.1, 0.15) is 0 Å². The molecule has 1 saturated carbocycles. The molecule has 0 aliphatic heterocycles. The van der Waals surface area contributed by atoms with Crippen LogP contribution in [0.2, 0.25) is 0 Å². The van der Waals surface area contributed by atoms with E-state index in [0.717, 1.165) is 25.3 Å². The molecule has 26 heavy (non-hydrogen) atoms. The molecule has 144 valence electrons. The van der Waals surface area contributed by atoms with Gasteiger partial charge in [-0.2, -0.15) is 0 Å². The van der Waals surface area contributed by atoms with Crippen LogP contribution in [0.1, 0.15) is 45.1 Å². The molecule has 1 aliphatic rings. The minimum atomic E-state index is -0.342. The predicted octanol–water partition coefficient (Wildman–Crippen LogP) is 2.87. The van der Waals surface area contributed by atoms with Gasteiger partial charge in [-0.25, -0.2) is 4.79 Å². The Labute approximate surface area is 156 Å². The number of carbonyl (C=O) groups is 1. The van der Waals surface area contributed by atoms with Gasteiger partial charge in [-0.05, 0) is 38.2 Å². The van der Waals surface area contributed by atoms with Crippen molar-refractivity contribution in [2.24, 2.45) is 10.9 Å². The molecular formula is C20H32N4O2. The van der Waals surface area contributed by atoms with Crippen LogP contribution in [-0.4, -0.2) is 44.3 Å². The summed E-state index contributed by atoms with van der Waals surface area (Å²) in [6, 6.07) is 10.5. The molecule has 3 N–H and O–H groups in total. The van der Waals surface area contributed by atoms with Crippen molar-refractivity contribution < 1.29 is 9.53 Å². The number of carbonyl (C=O) groups excluding carboxylic acids is 1. The first-order valence-electron chi connectivity index (χ1n) is 9.64. The van der Waals surface area contributed by atoms with Crippen molar-refractivity contribution in [3.63, 3.8) is 0 Å². The summed E-state index contributed by atoms with van der Waals surface area (Å²) in [5.41, 5.74) is 1.28. The Morgan fingerprint density at radius 3 is 2.58 bits per heavy atom. The quantitative estimate of drug-likeness (QED) is 0.468. The Hall–Kier alpha value is -2.24. The Bertz CT molecular complexity index is 572. The van der Waals surface area contributed by atoms with E-state index in [1.54, 1.807) is 0 Å². The Morgan fingerprint density at radius 2 is 1.96 bits per heavy atom. The highest BCUT2D eigenvalue weighted by atomic mass is 16.5. The lowest BCUT2D eigenvalue weighted by molar-refractivity contribution is 0.146. The van der Waals surface area contributed by atoms with Gasteiger partial charge < -0.3 is 20.7 Å². The van der Waals surface area contributed by atoms with Gasteiger partial charge in [0.25, 0.3) is 0 Å². The Balaban J connectivity index is 1.88. The van der Waals surface area contributed by atoms with Gasteiger partial charge in [0.2, 0.25) is 0 Å². The van der Waals surface area contributed by atoms with E-state index in [9.17, 15) is 4.79 Å². The molecular weight excluding hydrogens is 328 g/mol. The molecule has 1 amide bonds. The van der Waals surface area contributed by atoms with Crippen molar-refractivity contribution in [2.45, 2.75) is 45.6 Å². The van der Waals surface area contributed by atoms with Crippen LogP contribution in [0.15, 0.2) is 35.3 Å². The standard InChI is InChI=1S/C20H32N4O2/c1-4-21-19(22-13-15(3)16-9-7-6-8-10-16)23-14-18(17-11-12-17)24-20(25)26-5-2/h6-10,15,17-18H,4-5,11-14H2,1-3H3,(H,24,25)(H2,21,22,23). The highest BCUT2D eigenvalue weighted by Gasteiger charge is 2.32. The van der Waals surface area contributed by atoms with Crippen molar-refractivity contribution in [1.82, 2.24) is 16.0 Å². The molecule has 0 bridgehead atoms. The monoisotopic (exact) mass is 360 g/mol. The normalized spacial score (nSPS) is 16.5. The van der Waals surface area contributed by atoms with Crippen molar-refractivity contribution in [3.8, 4) is 0 Å². The van der Waals surface area contributed by atoms with E-state index >= 15 is 0 Å². The molecule has 2 rings (SSSR count). The molecule has 6 heteroatoms. The third kappa shape index (κ3) is 6.94. The molecule has 1 fully saturated rings. The summed E-state index contributed by atoms with van der Waals surface area (Å²) >= 11 is 0. The molecule has 1 aromatic carbocycles. The maximum Gasteiger partial charge on any atom is 0.407 e. The maximum absolute atomic E-state index is 11.7. The number of hydrogen-bond donors (Lipinski definition) is 3. The number of hydrogen-bond acceptors (Lipinski definition) is 3. The van der Waals surface area contributed by atoms with Crippen LogP contribution >= 0.6 is 0 Å². The second-order valence-electron chi connectivity index (χ2n) is 6.72. The van der Waals surface area contributed by atoms with Crippen LogP contribution in [0.5, 0.6) is 0 Å². The molecule has 1 aliphatic carbocycles. The van der Waals surface area contributed by atoms with Gasteiger partial charge >= 0.3 is 6.09 Å². The molecule has 0 spiro atoms. The average molecular weight is 361 g/mol. The maximum atomic E-state index is 11.7. The lowest BCUT2D eigenvalue weighted by Crippen LogP contribution is -2.48. The van der Waals surface area contributed by atoms with Crippen LogP contribution in [-0.2, 0) is 4.74 Å². The van der Waals surface area contributed by atoms with E-state index in [0.29, 0.717) is 31.5 Å². The summed E-state index contributed by atoms with van der Waals surface area (Å²) in [5, 5.41) is 9.60. The number of nitrogens with one attached hydrogen (secondary N) is 3. The number of guanidine groups is 1. The number of alkyl carbamates (subject to hydrolysis) is 1. The average Bonchev–Trinajstić information content (AvgIpc) is 3.48. The SMILES string of the molecule is CCNC(=NCC(C)c1ccccc1)NCC(NC(=O)OCC)C1CC1. The summed E-state index contributed by atoms with van der Waals surface area (Å²) < 4.78 is 5.01. The fourth-order valence-corrected chi connectivity index (χ4v) is 2.82. The summed E-state index contributed by atoms with van der Waals surface area (Å²) in [7, 11) is 0. The van der Waals surface area contributed by atoms with E-state index in [4.69, 9.17) is 9.73 Å². The van der Waals surface area contributed by atoms with Gasteiger partial charge in [0.15, 0.2) is 5.96 Å². The van der Waals surface area contributed by atoms with Crippen molar-refractivity contribution in [3.05, 3.63) is 35.9 Å². The van der Waals surface area contributed by atoms with Crippen LogP contribution in [0.4, 0.5) is 4.79 Å². The van der Waals surface area contributed by atoms with Crippen molar-refractivity contribution in [2.75, 3.05) is 26.2 Å². The van der Waals surface area contributed by atoms with E-state index in [1.165, 1.54) is 5.56 Å². The summed E-state index contributed by atoms with van der Waals surface area (Å²) in [6.07, 6.45) is 1.96. The lowest BCUT2D eigenvalue weighted by Gasteiger charge is -2.20. The molecule has 0 radical (unpaired) electrons. The minimum Gasteiger partial charge on any atom is -0.450 e. The van der Waals surface area contributed by atoms with E-state index in [1.807, 2.05) is 19.9 Å². The van der Waals surface area contributed by atoms with Gasteiger partial charge in [-0.15, -0.1) is 0 Å². The third-order valence-corrected chi connectivity index (χ3v) is 4.50. The fourth-order valence-electron chi connectivity index (χ4n) is 2.82. The zero-order valence-electron chi connectivity index (χ0n) is 16.1. The largest absolute Gasteiger partial charge is 0.450 e. The highest BCUT2D eigenvalue weighted by Crippen LogP contribution is 2.32. The summed E-state index contributed by atoms with van der Waals surface area (Å²) in [4.78, 5) is 16.4. The first kappa shape index (κ1) is 20.1. The predicted molar refractivity (Wildman–Crippen MR) is 106 cm³/mol. The summed E-state index contributed by atoms with van der Waals surface area (Å²) in [5.74, 6) is 1.66. The summed E-state index contributed by atoms with van der Waals surface area (Å²) in [6.45, 7) is 8.58. The molecule has 6 nitrogen and oxygen atoms in total. The van der Waals surface area contributed by atoms with Crippen LogP contribution < -0.4 is 16.0 Å². The second-order valence-corrected chi connectivity index (χ2v) is 6.72. The Morgan fingerprint density at radius 1 is 1.23 bits per heavy atom. The minimum absolute atomic E-state index is 0.0736. The van der Waals surface area contributed by atoms with E-state index in [-0.39, 0.29) is 12.1 Å². The van der Waals surface area contributed by atoms with Gasteiger partial charge in [0.05, 0.1) is 12.6 Å². The molecule has 1 aromatic rings. The number of rotatable bonds is 9. The number of ether oxygens (including phenoxy) is 1. The molecule has 0 heterocycles. The van der Waals surface area contributed by atoms with Gasteiger partial charge in [0, 0.05) is 25.6 Å². The van der Waals surface area contributed by atoms with Crippen molar-refractivity contribution >= 4 is 12.1 Å². The van der Waals surface area contributed by atoms with E-state index in [2.05, 4.69) is 47.1 Å². The first-order chi connectivity index (χ1) is 12.6. The van der Waals surface area contributed by atoms with Crippen LogP contribution in [0, 0.1) is 5.92 Å². The van der Waals surface area contributed by atoms with Gasteiger partial charge in [-0.3, -0.25) is 4.99 Å². The number of aliphatic imine (C=N–C) groups is 1. The number of nitrogens with zero attached hydrogens (tertiary/aromatic N) is 1. The topological polar surface area (TPSA) is 74.8 Å². The van der Waals surface area contributed by atoms with Crippen LogP contribution in [0.25, 0.3) is 0 Å². The number of benzene rings is 1. The lowest BCUT2D eigenvalue weighted by atomic mass is 10.0. The zero-order valence-corrected chi connectivity index (χ0v) is 16.1. The molecule has 2 atom stereocenters. The third-order valence-electron chi connectivity index (χ3n) is 4.50. The fraction of sp³-hybridized carbons (Fsp3) is 0.600. The number of amides is 1. The highest BCUT2D eigenvalue weighted by molar-refractivity contribution is 5.80. The smallest absolute Gasteiger partial charge is 0.407 e. The van der Waals surface area contributed by atoms with E-state index < -0.39 is 0 Å². The molecule has 2 unspecified atom stereocenters.